The van der Waals surface area contributed by atoms with Gasteiger partial charge >= 0.3 is 5.97 Å². The second-order valence-electron chi connectivity index (χ2n) is 5.65. The van der Waals surface area contributed by atoms with Crippen molar-refractivity contribution in [1.29, 1.82) is 0 Å². The molecular formula is C19H16ClNO4S2. The van der Waals surface area contributed by atoms with Gasteiger partial charge in [-0.25, -0.2) is 8.42 Å². The van der Waals surface area contributed by atoms with E-state index in [9.17, 15) is 13.2 Å². The molecule has 0 aliphatic heterocycles. The van der Waals surface area contributed by atoms with Gasteiger partial charge in [0.05, 0.1) is 17.0 Å². The number of sulfonamides is 1. The standard InChI is InChI=1S/C19H16ClNO4S2/c1-21(27(23,24)18-10-4-14(20)5-11-18)15-6-8-16(9-7-15)25-19(22)13-17-3-2-12-26-17/h2-12H,13H2,1H3. The molecule has 0 aliphatic rings. The monoisotopic (exact) mass is 421 g/mol. The number of hydrogen-bond donors (Lipinski definition) is 0. The Hall–Kier alpha value is -2.35. The van der Waals surface area contributed by atoms with Crippen molar-refractivity contribution in [3.05, 3.63) is 75.9 Å². The molecule has 8 heteroatoms. The molecule has 0 saturated carbocycles. The Morgan fingerprint density at radius 2 is 1.74 bits per heavy atom. The third-order valence-electron chi connectivity index (χ3n) is 3.80. The quantitative estimate of drug-likeness (QED) is 0.437. The second-order valence-corrected chi connectivity index (χ2v) is 9.09. The SMILES string of the molecule is CN(c1ccc(OC(=O)Cc2cccs2)cc1)S(=O)(=O)c1ccc(Cl)cc1. The molecule has 0 spiro atoms. The maximum atomic E-state index is 12.7. The number of nitrogens with zero attached hydrogens (tertiary/aromatic N) is 1. The lowest BCUT2D eigenvalue weighted by atomic mass is 10.3. The molecule has 140 valence electrons. The van der Waals surface area contributed by atoms with Gasteiger partial charge in [-0.2, -0.15) is 0 Å². The molecule has 0 unspecified atom stereocenters. The van der Waals surface area contributed by atoms with Crippen LogP contribution in [0.5, 0.6) is 5.75 Å². The van der Waals surface area contributed by atoms with Crippen molar-refractivity contribution in [3.63, 3.8) is 0 Å². The molecule has 0 amide bonds. The number of esters is 1. The number of ether oxygens (including phenoxy) is 1. The fourth-order valence-corrected chi connectivity index (χ4v) is 4.36. The summed E-state index contributed by atoms with van der Waals surface area (Å²) in [6, 6.07) is 16.0. The molecule has 5 nitrogen and oxygen atoms in total. The van der Waals surface area contributed by atoms with E-state index in [2.05, 4.69) is 0 Å². The molecule has 1 aromatic heterocycles. The highest BCUT2D eigenvalue weighted by atomic mass is 35.5. The van der Waals surface area contributed by atoms with Crippen molar-refractivity contribution in [2.75, 3.05) is 11.4 Å². The molecule has 27 heavy (non-hydrogen) atoms. The van der Waals surface area contributed by atoms with Gasteiger partial charge in [0, 0.05) is 16.9 Å². The Bertz CT molecular complexity index is 1010. The molecule has 0 atom stereocenters. The van der Waals surface area contributed by atoms with Crippen LogP contribution in [-0.2, 0) is 21.2 Å². The van der Waals surface area contributed by atoms with Gasteiger partial charge in [-0.3, -0.25) is 9.10 Å². The van der Waals surface area contributed by atoms with Crippen molar-refractivity contribution in [2.45, 2.75) is 11.3 Å². The van der Waals surface area contributed by atoms with Crippen LogP contribution in [0.25, 0.3) is 0 Å². The van der Waals surface area contributed by atoms with Crippen molar-refractivity contribution in [3.8, 4) is 5.75 Å². The van der Waals surface area contributed by atoms with Crippen molar-refractivity contribution in [2.24, 2.45) is 0 Å². The first kappa shape index (κ1) is 19.4. The average molecular weight is 422 g/mol. The molecule has 0 bridgehead atoms. The molecule has 0 fully saturated rings. The largest absolute Gasteiger partial charge is 0.426 e. The summed E-state index contributed by atoms with van der Waals surface area (Å²) in [7, 11) is -2.25. The van der Waals surface area contributed by atoms with E-state index in [1.807, 2.05) is 17.5 Å². The molecule has 1 heterocycles. The van der Waals surface area contributed by atoms with Crippen LogP contribution in [0.4, 0.5) is 5.69 Å². The highest BCUT2D eigenvalue weighted by Crippen LogP contribution is 2.25. The van der Waals surface area contributed by atoms with E-state index in [0.29, 0.717) is 16.5 Å². The number of halogens is 1. The first-order valence-corrected chi connectivity index (χ1v) is 10.6. The summed E-state index contributed by atoms with van der Waals surface area (Å²) in [6.45, 7) is 0. The van der Waals surface area contributed by atoms with Gasteiger partial charge in [-0.15, -0.1) is 11.3 Å². The van der Waals surface area contributed by atoms with Crippen LogP contribution in [0.2, 0.25) is 5.02 Å². The minimum atomic E-state index is -3.71. The van der Waals surface area contributed by atoms with Gasteiger partial charge in [-0.05, 0) is 60.0 Å². The van der Waals surface area contributed by atoms with Gasteiger partial charge in [-0.1, -0.05) is 17.7 Å². The van der Waals surface area contributed by atoms with E-state index in [4.69, 9.17) is 16.3 Å². The van der Waals surface area contributed by atoms with Gasteiger partial charge < -0.3 is 4.74 Å². The highest BCUT2D eigenvalue weighted by Gasteiger charge is 2.21. The van der Waals surface area contributed by atoms with E-state index in [0.717, 1.165) is 9.18 Å². The first-order valence-electron chi connectivity index (χ1n) is 7.94. The molecule has 3 aromatic rings. The molecule has 0 N–H and O–H groups in total. The summed E-state index contributed by atoms with van der Waals surface area (Å²) in [5, 5.41) is 2.36. The lowest BCUT2D eigenvalue weighted by molar-refractivity contribution is -0.133. The highest BCUT2D eigenvalue weighted by molar-refractivity contribution is 7.92. The molecular weight excluding hydrogens is 406 g/mol. The zero-order chi connectivity index (χ0) is 19.4. The summed E-state index contributed by atoms with van der Waals surface area (Å²) >= 11 is 7.30. The summed E-state index contributed by atoms with van der Waals surface area (Å²) in [6.07, 6.45) is 0.199. The van der Waals surface area contributed by atoms with Gasteiger partial charge in [0.25, 0.3) is 10.0 Å². The minimum absolute atomic E-state index is 0.140. The fraction of sp³-hybridized carbons (Fsp3) is 0.105. The van der Waals surface area contributed by atoms with Crippen LogP contribution >= 0.6 is 22.9 Å². The normalized spacial score (nSPS) is 11.2. The summed E-state index contributed by atoms with van der Waals surface area (Å²) in [5.74, 6) is -0.00932. The Balaban J connectivity index is 1.70. The lowest BCUT2D eigenvalue weighted by Crippen LogP contribution is -2.26. The van der Waals surface area contributed by atoms with E-state index in [-0.39, 0.29) is 17.3 Å². The fourth-order valence-electron chi connectivity index (χ4n) is 2.35. The number of thiophene rings is 1. The Labute approximate surface area is 166 Å². The molecule has 0 radical (unpaired) electrons. The van der Waals surface area contributed by atoms with Crippen molar-refractivity contribution >= 4 is 44.6 Å². The maximum Gasteiger partial charge on any atom is 0.316 e. The maximum absolute atomic E-state index is 12.7. The van der Waals surface area contributed by atoms with Crippen LogP contribution < -0.4 is 9.04 Å². The topological polar surface area (TPSA) is 63.7 Å². The number of carbonyl (C=O) groups is 1. The van der Waals surface area contributed by atoms with Crippen LogP contribution in [0.15, 0.2) is 70.9 Å². The number of carbonyl (C=O) groups excluding carboxylic acids is 1. The lowest BCUT2D eigenvalue weighted by Gasteiger charge is -2.19. The second kappa shape index (κ2) is 8.12. The van der Waals surface area contributed by atoms with E-state index in [1.54, 1.807) is 24.3 Å². The average Bonchev–Trinajstić information content (AvgIpc) is 3.15. The molecule has 3 rings (SSSR count). The number of hydrogen-bond acceptors (Lipinski definition) is 5. The third kappa shape index (κ3) is 4.68. The Kier molecular flexibility index (Phi) is 5.84. The molecule has 2 aromatic carbocycles. The van der Waals surface area contributed by atoms with Crippen LogP contribution in [0.3, 0.4) is 0 Å². The van der Waals surface area contributed by atoms with Gasteiger partial charge in [0.15, 0.2) is 0 Å². The smallest absolute Gasteiger partial charge is 0.316 e. The predicted molar refractivity (Wildman–Crippen MR) is 107 cm³/mol. The van der Waals surface area contributed by atoms with Gasteiger partial charge in [0.2, 0.25) is 0 Å². The molecule has 0 aliphatic carbocycles. The van der Waals surface area contributed by atoms with Crippen molar-refractivity contribution in [1.82, 2.24) is 0 Å². The molecule has 0 saturated heterocycles. The Morgan fingerprint density at radius 1 is 1.07 bits per heavy atom. The van der Waals surface area contributed by atoms with E-state index in [1.165, 1.54) is 42.6 Å². The zero-order valence-electron chi connectivity index (χ0n) is 14.3. The predicted octanol–water partition coefficient (Wildman–Crippen LogP) is 4.37. The minimum Gasteiger partial charge on any atom is -0.426 e. The van der Waals surface area contributed by atoms with Crippen LogP contribution in [0.1, 0.15) is 4.88 Å². The van der Waals surface area contributed by atoms with E-state index >= 15 is 0 Å². The zero-order valence-corrected chi connectivity index (χ0v) is 16.7. The summed E-state index contributed by atoms with van der Waals surface area (Å²) < 4.78 is 31.8. The summed E-state index contributed by atoms with van der Waals surface area (Å²) in [5.41, 5.74) is 0.447. The van der Waals surface area contributed by atoms with E-state index < -0.39 is 10.0 Å². The number of anilines is 1. The number of rotatable bonds is 6. The van der Waals surface area contributed by atoms with Gasteiger partial charge in [0.1, 0.15) is 5.75 Å². The number of benzene rings is 2. The first-order chi connectivity index (χ1) is 12.9. The van der Waals surface area contributed by atoms with Crippen LogP contribution in [0, 0.1) is 0 Å². The Morgan fingerprint density at radius 3 is 2.33 bits per heavy atom. The third-order valence-corrected chi connectivity index (χ3v) is 6.73. The summed E-state index contributed by atoms with van der Waals surface area (Å²) in [4.78, 5) is 13.0. The van der Waals surface area contributed by atoms with Crippen molar-refractivity contribution < 1.29 is 17.9 Å². The van der Waals surface area contributed by atoms with Crippen LogP contribution in [-0.4, -0.2) is 21.4 Å².